The number of hydrogen-bond acceptors (Lipinski definition) is 3. The molecule has 0 bridgehead atoms. The molecule has 0 aromatic heterocycles. The van der Waals surface area contributed by atoms with Crippen molar-refractivity contribution < 1.29 is 23.1 Å². The first-order valence-electron chi connectivity index (χ1n) is 6.57. The molecule has 1 aromatic carbocycles. The van der Waals surface area contributed by atoms with Crippen LogP contribution >= 0.6 is 11.8 Å². The Morgan fingerprint density at radius 3 is 2.67 bits per heavy atom. The maximum Gasteiger partial charge on any atom is 0.446 e. The Kier molecular flexibility index (Phi) is 7.04. The van der Waals surface area contributed by atoms with Gasteiger partial charge in [-0.3, -0.25) is 4.79 Å². The van der Waals surface area contributed by atoms with Crippen LogP contribution in [0.3, 0.4) is 0 Å². The number of thioether (sulfide) groups is 1. The number of aliphatic hydroxyl groups excluding tert-OH is 1. The fraction of sp³-hybridized carbons (Fsp3) is 0.500. The van der Waals surface area contributed by atoms with Crippen LogP contribution in [0.25, 0.3) is 0 Å². The van der Waals surface area contributed by atoms with Gasteiger partial charge in [0.1, 0.15) is 0 Å². The first-order valence-corrected chi connectivity index (χ1v) is 7.39. The number of aliphatic hydroxyl groups is 1. The van der Waals surface area contributed by atoms with Crippen molar-refractivity contribution in [3.8, 4) is 0 Å². The molecule has 0 radical (unpaired) electrons. The predicted molar refractivity (Wildman–Crippen MR) is 76.2 cm³/mol. The number of nitrogens with one attached hydrogen (secondary N) is 1. The van der Waals surface area contributed by atoms with Gasteiger partial charge in [-0.2, -0.15) is 13.2 Å². The number of halogens is 3. The highest BCUT2D eigenvalue weighted by Gasteiger charge is 2.31. The Hall–Kier alpha value is -1.21. The van der Waals surface area contributed by atoms with Crippen molar-refractivity contribution in [3.63, 3.8) is 0 Å². The second-order valence-corrected chi connectivity index (χ2v) is 5.84. The molecule has 0 saturated carbocycles. The molecular formula is C14H18F3NO2S. The lowest BCUT2D eigenvalue weighted by molar-refractivity contribution is -0.0328. The number of benzene rings is 1. The molecule has 0 aliphatic rings. The second-order valence-electron chi connectivity index (χ2n) is 4.73. The highest BCUT2D eigenvalue weighted by Crippen LogP contribution is 2.38. The minimum atomic E-state index is -4.42. The smallest absolute Gasteiger partial charge is 0.396 e. The van der Waals surface area contributed by atoms with Crippen molar-refractivity contribution in [1.82, 2.24) is 5.32 Å². The van der Waals surface area contributed by atoms with Crippen molar-refractivity contribution in [2.45, 2.75) is 30.2 Å². The van der Waals surface area contributed by atoms with E-state index < -0.39 is 11.4 Å². The lowest BCUT2D eigenvalue weighted by atomic mass is 10.1. The van der Waals surface area contributed by atoms with Crippen LogP contribution in [0.5, 0.6) is 0 Å². The van der Waals surface area contributed by atoms with Gasteiger partial charge in [0.05, 0.1) is 5.56 Å². The van der Waals surface area contributed by atoms with E-state index in [0.29, 0.717) is 13.0 Å². The Morgan fingerprint density at radius 2 is 2.05 bits per heavy atom. The maximum atomic E-state index is 12.4. The van der Waals surface area contributed by atoms with Crippen molar-refractivity contribution in [2.24, 2.45) is 5.92 Å². The van der Waals surface area contributed by atoms with E-state index in [0.717, 1.165) is 6.42 Å². The third-order valence-electron chi connectivity index (χ3n) is 2.83. The number of rotatable bonds is 7. The SMILES string of the molecule is CC(CO)CCCNC(=O)c1ccccc1SC(F)(F)F. The average Bonchev–Trinajstić information content (AvgIpc) is 2.41. The van der Waals surface area contributed by atoms with Gasteiger partial charge in [0.25, 0.3) is 5.91 Å². The topological polar surface area (TPSA) is 49.3 Å². The van der Waals surface area contributed by atoms with Gasteiger partial charge in [0.2, 0.25) is 0 Å². The summed E-state index contributed by atoms with van der Waals surface area (Å²) in [5.41, 5.74) is -4.40. The summed E-state index contributed by atoms with van der Waals surface area (Å²) in [4.78, 5) is 11.8. The first kappa shape index (κ1) is 17.8. The van der Waals surface area contributed by atoms with Crippen LogP contribution in [0.1, 0.15) is 30.1 Å². The minimum Gasteiger partial charge on any atom is -0.396 e. The van der Waals surface area contributed by atoms with Gasteiger partial charge in [-0.1, -0.05) is 19.1 Å². The standard InChI is InChI=1S/C14H18F3NO2S/c1-10(9-19)5-4-8-18-13(20)11-6-2-3-7-12(11)21-14(15,16)17/h2-3,6-7,10,19H,4-5,8-9H2,1H3,(H,18,20). The summed E-state index contributed by atoms with van der Waals surface area (Å²) < 4.78 is 37.3. The molecule has 21 heavy (non-hydrogen) atoms. The predicted octanol–water partition coefficient (Wildman–Crippen LogP) is 3.44. The van der Waals surface area contributed by atoms with Gasteiger partial charge in [-0.05, 0) is 42.7 Å². The van der Waals surface area contributed by atoms with E-state index in [9.17, 15) is 18.0 Å². The van der Waals surface area contributed by atoms with Crippen LogP contribution in [0.15, 0.2) is 29.2 Å². The number of hydrogen-bond donors (Lipinski definition) is 2. The molecule has 7 heteroatoms. The van der Waals surface area contributed by atoms with Crippen LogP contribution in [0.4, 0.5) is 13.2 Å². The van der Waals surface area contributed by atoms with Crippen LogP contribution in [0, 0.1) is 5.92 Å². The summed E-state index contributed by atoms with van der Waals surface area (Å²) in [5.74, 6) is -0.367. The molecule has 1 atom stereocenters. The normalized spacial score (nSPS) is 13.0. The summed E-state index contributed by atoms with van der Waals surface area (Å²) in [6, 6.07) is 5.65. The largest absolute Gasteiger partial charge is 0.446 e. The Balaban J connectivity index is 2.58. The van der Waals surface area contributed by atoms with Crippen LogP contribution in [-0.2, 0) is 0 Å². The maximum absolute atomic E-state index is 12.4. The third-order valence-corrected chi connectivity index (χ3v) is 3.64. The Morgan fingerprint density at radius 1 is 1.38 bits per heavy atom. The van der Waals surface area contributed by atoms with Crippen molar-refractivity contribution in [2.75, 3.05) is 13.2 Å². The van der Waals surface area contributed by atoms with Gasteiger partial charge in [-0.25, -0.2) is 0 Å². The molecule has 1 aromatic rings. The van der Waals surface area contributed by atoms with Crippen LogP contribution in [-0.4, -0.2) is 29.7 Å². The number of carbonyl (C=O) groups is 1. The van der Waals surface area contributed by atoms with Gasteiger partial charge in [0, 0.05) is 18.0 Å². The van der Waals surface area contributed by atoms with E-state index in [1.165, 1.54) is 24.3 Å². The molecule has 0 spiro atoms. The van der Waals surface area contributed by atoms with Crippen molar-refractivity contribution in [1.29, 1.82) is 0 Å². The van der Waals surface area contributed by atoms with Crippen molar-refractivity contribution >= 4 is 17.7 Å². The van der Waals surface area contributed by atoms with Gasteiger partial charge >= 0.3 is 5.51 Å². The summed E-state index contributed by atoms with van der Waals surface area (Å²) in [6.07, 6.45) is 1.41. The molecule has 1 unspecified atom stereocenters. The second kappa shape index (κ2) is 8.29. The molecule has 0 aliphatic heterocycles. The molecular weight excluding hydrogens is 303 g/mol. The van der Waals surface area contributed by atoms with Gasteiger partial charge in [-0.15, -0.1) is 0 Å². The van der Waals surface area contributed by atoms with E-state index >= 15 is 0 Å². The van der Waals surface area contributed by atoms with Gasteiger partial charge in [0.15, 0.2) is 0 Å². The summed E-state index contributed by atoms with van der Waals surface area (Å²) in [5, 5.41) is 11.5. The molecule has 1 amide bonds. The summed E-state index contributed by atoms with van der Waals surface area (Å²) in [7, 11) is 0. The molecule has 0 aliphatic carbocycles. The third kappa shape index (κ3) is 6.86. The molecule has 118 valence electrons. The van der Waals surface area contributed by atoms with E-state index in [4.69, 9.17) is 5.11 Å². The zero-order chi connectivity index (χ0) is 15.9. The zero-order valence-corrected chi connectivity index (χ0v) is 12.4. The number of alkyl halides is 3. The highest BCUT2D eigenvalue weighted by atomic mass is 32.2. The number of carbonyl (C=O) groups excluding carboxylic acids is 1. The molecule has 2 N–H and O–H groups in total. The lowest BCUT2D eigenvalue weighted by Gasteiger charge is -2.12. The lowest BCUT2D eigenvalue weighted by Crippen LogP contribution is -2.25. The van der Waals surface area contributed by atoms with Crippen molar-refractivity contribution in [3.05, 3.63) is 29.8 Å². The Labute approximate surface area is 125 Å². The fourth-order valence-electron chi connectivity index (χ4n) is 1.71. The van der Waals surface area contributed by atoms with Crippen LogP contribution < -0.4 is 5.32 Å². The highest BCUT2D eigenvalue weighted by molar-refractivity contribution is 8.00. The summed E-state index contributed by atoms with van der Waals surface area (Å²) in [6.45, 7) is 2.34. The molecule has 0 saturated heterocycles. The Bertz CT molecular complexity index is 466. The minimum absolute atomic E-state index is 0.0232. The molecule has 0 heterocycles. The fourth-order valence-corrected chi connectivity index (χ4v) is 2.37. The molecule has 3 nitrogen and oxygen atoms in total. The number of amides is 1. The van der Waals surface area contributed by atoms with Gasteiger partial charge < -0.3 is 10.4 Å². The summed E-state index contributed by atoms with van der Waals surface area (Å²) >= 11 is -0.290. The van der Waals surface area contributed by atoms with E-state index in [-0.39, 0.29) is 34.7 Å². The van der Waals surface area contributed by atoms with E-state index in [1.54, 1.807) is 0 Å². The average molecular weight is 321 g/mol. The molecule has 0 fully saturated rings. The first-order chi connectivity index (χ1) is 9.83. The zero-order valence-electron chi connectivity index (χ0n) is 11.6. The molecule has 1 rings (SSSR count). The van der Waals surface area contributed by atoms with Crippen LogP contribution in [0.2, 0.25) is 0 Å². The van der Waals surface area contributed by atoms with E-state index in [1.807, 2.05) is 6.92 Å². The quantitative estimate of drug-likeness (QED) is 0.597. The monoisotopic (exact) mass is 321 g/mol. The van der Waals surface area contributed by atoms with E-state index in [2.05, 4.69) is 5.32 Å².